The van der Waals surface area contributed by atoms with Gasteiger partial charge in [0.05, 0.1) is 0 Å². The van der Waals surface area contributed by atoms with E-state index in [0.29, 0.717) is 0 Å². The van der Waals surface area contributed by atoms with E-state index in [1.165, 1.54) is 17.5 Å². The maximum Gasteiger partial charge on any atom is 0.210 e. The van der Waals surface area contributed by atoms with Crippen molar-refractivity contribution in [2.24, 2.45) is 20.7 Å². The van der Waals surface area contributed by atoms with E-state index in [4.69, 9.17) is 0 Å². The second-order valence-electron chi connectivity index (χ2n) is 9.63. The molecule has 0 amide bonds. The Morgan fingerprint density at radius 1 is 0.933 bits per heavy atom. The molecule has 0 saturated heterocycles. The molecule has 0 spiro atoms. The van der Waals surface area contributed by atoms with Crippen LogP contribution in [0.15, 0.2) is 63.1 Å². The van der Waals surface area contributed by atoms with Gasteiger partial charge in [0, 0.05) is 11.1 Å². The Labute approximate surface area is 178 Å². The van der Waals surface area contributed by atoms with Gasteiger partial charge >= 0.3 is 0 Å². The Morgan fingerprint density at radius 3 is 2.10 bits per heavy atom. The van der Waals surface area contributed by atoms with Crippen molar-refractivity contribution >= 4 is 11.9 Å². The largest absolute Gasteiger partial charge is 0.289 e. The van der Waals surface area contributed by atoms with E-state index < -0.39 is 0 Å². The van der Waals surface area contributed by atoms with Gasteiger partial charge in [0.15, 0.2) is 5.78 Å². The Morgan fingerprint density at radius 2 is 1.50 bits per heavy atom. The Bertz CT molecular complexity index is 1060. The summed E-state index contributed by atoms with van der Waals surface area (Å²) in [4.78, 5) is 13.0. The van der Waals surface area contributed by atoms with Gasteiger partial charge in [-0.3, -0.25) is 4.79 Å². The van der Waals surface area contributed by atoms with Crippen molar-refractivity contribution in [2.75, 3.05) is 0 Å². The number of ketones is 1. The summed E-state index contributed by atoms with van der Waals surface area (Å²) < 4.78 is 0. The highest BCUT2D eigenvalue weighted by atomic mass is 16.1. The van der Waals surface area contributed by atoms with Gasteiger partial charge in [-0.25, -0.2) is 0 Å². The first-order chi connectivity index (χ1) is 14.2. The lowest BCUT2D eigenvalue weighted by atomic mass is 9.62. The number of benzene rings is 2. The fourth-order valence-corrected chi connectivity index (χ4v) is 4.33. The lowest BCUT2D eigenvalue weighted by molar-refractivity contribution is 0.104. The van der Waals surface area contributed by atoms with Crippen molar-refractivity contribution in [1.29, 1.82) is 0 Å². The van der Waals surface area contributed by atoms with E-state index in [9.17, 15) is 4.79 Å². The topological polar surface area (TPSA) is 66.5 Å². The number of aryl methyl sites for hydroxylation is 1. The van der Waals surface area contributed by atoms with E-state index in [-0.39, 0.29) is 22.8 Å². The standard InChI is InChI=1S/C25H28N4O/c1-16-14-20-21(25(4,5)13-12-24(20,2)3)15-19(16)22(30)11-8-17-6-9-18(10-7-17)23-26-28-29-27-23/h6-11,14-15,23H,12-13H2,1-5H3/b11-8+. The van der Waals surface area contributed by atoms with Gasteiger partial charge in [-0.1, -0.05) is 64.1 Å². The highest BCUT2D eigenvalue weighted by Gasteiger charge is 2.37. The van der Waals surface area contributed by atoms with E-state index in [2.05, 4.69) is 60.5 Å². The highest BCUT2D eigenvalue weighted by molar-refractivity contribution is 6.08. The van der Waals surface area contributed by atoms with Crippen molar-refractivity contribution in [3.63, 3.8) is 0 Å². The summed E-state index contributed by atoms with van der Waals surface area (Å²) in [6.07, 6.45) is 5.47. The third-order valence-corrected chi connectivity index (χ3v) is 6.49. The first-order valence-electron chi connectivity index (χ1n) is 10.5. The molecule has 1 heterocycles. The van der Waals surface area contributed by atoms with Crippen LogP contribution in [-0.2, 0) is 10.8 Å². The number of hydrogen-bond donors (Lipinski definition) is 0. The van der Waals surface area contributed by atoms with E-state index in [1.807, 2.05) is 37.3 Å². The fourth-order valence-electron chi connectivity index (χ4n) is 4.33. The average molecular weight is 401 g/mol. The number of nitrogens with zero attached hydrogens (tertiary/aromatic N) is 4. The minimum absolute atomic E-state index is 0.0388. The van der Waals surface area contributed by atoms with Crippen molar-refractivity contribution in [3.05, 3.63) is 75.9 Å². The molecule has 0 saturated carbocycles. The van der Waals surface area contributed by atoms with Crippen LogP contribution in [0.2, 0.25) is 0 Å². The second kappa shape index (κ2) is 7.38. The SMILES string of the molecule is Cc1cc2c(cc1C(=O)/C=C/c1ccc(C3N=NN=N3)cc1)C(C)(C)CCC2(C)C. The molecule has 0 fully saturated rings. The molecule has 0 radical (unpaired) electrons. The number of fused-ring (bicyclic) bond motifs is 1. The molecule has 0 aromatic heterocycles. The molecule has 0 unspecified atom stereocenters. The predicted molar refractivity (Wildman–Crippen MR) is 119 cm³/mol. The molecule has 1 aliphatic carbocycles. The second-order valence-corrected chi connectivity index (χ2v) is 9.63. The number of carbonyl (C=O) groups is 1. The van der Waals surface area contributed by atoms with Crippen LogP contribution in [0.5, 0.6) is 0 Å². The average Bonchev–Trinajstić information content (AvgIpc) is 3.25. The van der Waals surface area contributed by atoms with Crippen LogP contribution < -0.4 is 0 Å². The summed E-state index contributed by atoms with van der Waals surface area (Å²) in [7, 11) is 0. The third-order valence-electron chi connectivity index (χ3n) is 6.49. The van der Waals surface area contributed by atoms with E-state index >= 15 is 0 Å². The summed E-state index contributed by atoms with van der Waals surface area (Å²) in [5, 5.41) is 14.9. The summed E-state index contributed by atoms with van der Waals surface area (Å²) in [6, 6.07) is 12.1. The number of carbonyl (C=O) groups excluding carboxylic acids is 1. The van der Waals surface area contributed by atoms with Gasteiger partial charge in [0.25, 0.3) is 0 Å². The minimum atomic E-state index is -0.351. The molecule has 2 aliphatic rings. The summed E-state index contributed by atoms with van der Waals surface area (Å²) in [6.45, 7) is 11.2. The molecule has 0 bridgehead atoms. The molecule has 1 aliphatic heterocycles. The number of allylic oxidation sites excluding steroid dienone is 1. The highest BCUT2D eigenvalue weighted by Crippen LogP contribution is 2.46. The zero-order valence-electron chi connectivity index (χ0n) is 18.3. The molecule has 0 atom stereocenters. The molecule has 2 aromatic rings. The summed E-state index contributed by atoms with van der Waals surface area (Å²) in [5.41, 5.74) is 6.64. The Balaban J connectivity index is 1.59. The van der Waals surface area contributed by atoms with Gasteiger partial charge in [0.1, 0.15) is 0 Å². The van der Waals surface area contributed by atoms with Crippen LogP contribution in [0.4, 0.5) is 0 Å². The zero-order chi connectivity index (χ0) is 21.5. The molecule has 30 heavy (non-hydrogen) atoms. The lowest BCUT2D eigenvalue weighted by Crippen LogP contribution is -2.34. The monoisotopic (exact) mass is 400 g/mol. The van der Waals surface area contributed by atoms with Gasteiger partial charge in [-0.2, -0.15) is 0 Å². The van der Waals surface area contributed by atoms with Crippen molar-refractivity contribution < 1.29 is 4.79 Å². The first-order valence-corrected chi connectivity index (χ1v) is 10.5. The maximum atomic E-state index is 13.0. The molecule has 5 nitrogen and oxygen atoms in total. The molecule has 154 valence electrons. The van der Waals surface area contributed by atoms with Gasteiger partial charge in [-0.15, -0.1) is 10.2 Å². The van der Waals surface area contributed by atoms with Gasteiger partial charge in [-0.05, 0) is 75.4 Å². The van der Waals surface area contributed by atoms with E-state index in [0.717, 1.165) is 28.7 Å². The van der Waals surface area contributed by atoms with Crippen LogP contribution in [0.3, 0.4) is 0 Å². The number of rotatable bonds is 4. The summed E-state index contributed by atoms with van der Waals surface area (Å²) in [5.74, 6) is 0.0388. The van der Waals surface area contributed by atoms with E-state index in [1.54, 1.807) is 6.08 Å². The molecule has 2 aromatic carbocycles. The van der Waals surface area contributed by atoms with Crippen molar-refractivity contribution in [3.8, 4) is 0 Å². The van der Waals surface area contributed by atoms with Crippen LogP contribution in [0, 0.1) is 6.92 Å². The quantitative estimate of drug-likeness (QED) is 0.400. The maximum absolute atomic E-state index is 13.0. The Hall–Kier alpha value is -2.95. The van der Waals surface area contributed by atoms with Crippen LogP contribution in [-0.4, -0.2) is 5.78 Å². The number of hydrogen-bond acceptors (Lipinski definition) is 5. The van der Waals surface area contributed by atoms with Crippen LogP contribution >= 0.6 is 0 Å². The Kier molecular flexibility index (Phi) is 5.00. The van der Waals surface area contributed by atoms with Crippen LogP contribution in [0.25, 0.3) is 6.08 Å². The smallest absolute Gasteiger partial charge is 0.210 e. The van der Waals surface area contributed by atoms with Crippen molar-refractivity contribution in [2.45, 2.75) is 64.5 Å². The van der Waals surface area contributed by atoms with Crippen molar-refractivity contribution in [1.82, 2.24) is 0 Å². The molecule has 4 rings (SSSR count). The lowest BCUT2D eigenvalue weighted by Gasteiger charge is -2.42. The predicted octanol–water partition coefficient (Wildman–Crippen LogP) is 7.07. The summed E-state index contributed by atoms with van der Waals surface area (Å²) >= 11 is 0. The van der Waals surface area contributed by atoms with Crippen LogP contribution in [0.1, 0.15) is 84.9 Å². The van der Waals surface area contributed by atoms with Gasteiger partial charge in [0.2, 0.25) is 6.17 Å². The molecular weight excluding hydrogens is 372 g/mol. The normalized spacial score (nSPS) is 19.4. The molecule has 0 N–H and O–H groups in total. The fraction of sp³-hybridized carbons (Fsp3) is 0.400. The molecule has 5 heteroatoms. The minimum Gasteiger partial charge on any atom is -0.289 e. The first kappa shape index (κ1) is 20.3. The zero-order valence-corrected chi connectivity index (χ0v) is 18.3. The molecular formula is C25H28N4O. The third kappa shape index (κ3) is 3.76. The van der Waals surface area contributed by atoms with Gasteiger partial charge < -0.3 is 0 Å².